The highest BCUT2D eigenvalue weighted by Crippen LogP contribution is 2.18. The van der Waals surface area contributed by atoms with Crippen molar-refractivity contribution in [1.82, 2.24) is 4.98 Å². The lowest BCUT2D eigenvalue weighted by atomic mass is 10.2. The average Bonchev–Trinajstić information content (AvgIpc) is 2.88. The quantitative estimate of drug-likeness (QED) is 0.442. The minimum atomic E-state index is -1.41. The van der Waals surface area contributed by atoms with Crippen molar-refractivity contribution in [2.24, 2.45) is 5.16 Å². The van der Waals surface area contributed by atoms with E-state index >= 15 is 0 Å². The highest BCUT2D eigenvalue weighted by molar-refractivity contribution is 7.14. The zero-order chi connectivity index (χ0) is 18.3. The molecule has 132 valence electrons. The summed E-state index contributed by atoms with van der Waals surface area (Å²) in [4.78, 5) is 42.2. The van der Waals surface area contributed by atoms with Crippen LogP contribution in [0, 0.1) is 0 Å². The number of anilines is 1. The molecule has 1 amide bonds. The molecule has 24 heavy (non-hydrogen) atoms. The fraction of sp³-hybridized carbons (Fsp3) is 0.462. The molecular weight excluding hydrogens is 342 g/mol. The van der Waals surface area contributed by atoms with E-state index in [4.69, 9.17) is 9.84 Å². The number of aromatic nitrogens is 1. The smallest absolute Gasteiger partial charge is 0.413 e. The number of ether oxygens (including phenoxy) is 2. The first-order valence-corrected chi connectivity index (χ1v) is 7.46. The lowest BCUT2D eigenvalue weighted by Crippen LogP contribution is -2.27. The van der Waals surface area contributed by atoms with Crippen LogP contribution in [0.3, 0.4) is 0 Å². The fourth-order valence-corrected chi connectivity index (χ4v) is 1.92. The van der Waals surface area contributed by atoms with Crippen LogP contribution in [0.5, 0.6) is 0 Å². The number of oxime groups is 1. The monoisotopic (exact) mass is 359 g/mol. The van der Waals surface area contributed by atoms with E-state index in [1.54, 1.807) is 20.8 Å². The molecule has 0 aliphatic carbocycles. The summed E-state index contributed by atoms with van der Waals surface area (Å²) in [5.41, 5.74) is -1.24. The minimum Gasteiger partial charge on any atom is -0.476 e. The highest BCUT2D eigenvalue weighted by atomic mass is 32.1. The number of esters is 1. The summed E-state index contributed by atoms with van der Waals surface area (Å²) in [7, 11) is 1.16. The van der Waals surface area contributed by atoms with E-state index in [2.05, 4.69) is 25.0 Å². The number of carbonyl (C=O) groups is 3. The van der Waals surface area contributed by atoms with Gasteiger partial charge < -0.3 is 19.4 Å². The Bertz CT molecular complexity index is 648. The van der Waals surface area contributed by atoms with Crippen molar-refractivity contribution in [3.8, 4) is 0 Å². The molecule has 0 fully saturated rings. The standard InChI is InChI=1S/C13H17N3O7S/c1-13(2,3)23-12(20)15-11-14-7(6-24-11)9(10(18)19)16-22-5-8(17)21-4/h6H,5H2,1-4H3,(H,18,19)(H,14,15,20)/b16-9+. The lowest BCUT2D eigenvalue weighted by molar-refractivity contribution is -0.146. The first-order chi connectivity index (χ1) is 11.1. The number of nitrogens with one attached hydrogen (secondary N) is 1. The van der Waals surface area contributed by atoms with Crippen LogP contribution in [-0.4, -0.2) is 53.2 Å². The van der Waals surface area contributed by atoms with Crippen LogP contribution in [0.2, 0.25) is 0 Å². The molecule has 11 heteroatoms. The van der Waals surface area contributed by atoms with Gasteiger partial charge in [0, 0.05) is 5.38 Å². The van der Waals surface area contributed by atoms with Gasteiger partial charge in [-0.2, -0.15) is 0 Å². The summed E-state index contributed by atoms with van der Waals surface area (Å²) in [6, 6.07) is 0. The average molecular weight is 359 g/mol. The molecule has 0 saturated carbocycles. The van der Waals surface area contributed by atoms with Crippen LogP contribution < -0.4 is 5.32 Å². The normalized spacial score (nSPS) is 11.6. The van der Waals surface area contributed by atoms with E-state index in [9.17, 15) is 14.4 Å². The molecule has 0 atom stereocenters. The predicted octanol–water partition coefficient (Wildman–Crippen LogP) is 1.47. The van der Waals surface area contributed by atoms with Gasteiger partial charge in [-0.1, -0.05) is 5.16 Å². The molecule has 0 unspecified atom stereocenters. The maximum atomic E-state index is 11.6. The number of carboxylic acid groups (broad SMARTS) is 1. The Morgan fingerprint density at radius 1 is 1.38 bits per heavy atom. The second-order valence-electron chi connectivity index (χ2n) is 5.26. The Labute approximate surface area is 141 Å². The molecule has 2 N–H and O–H groups in total. The topological polar surface area (TPSA) is 136 Å². The van der Waals surface area contributed by atoms with Gasteiger partial charge in [0.1, 0.15) is 11.3 Å². The Morgan fingerprint density at radius 3 is 2.58 bits per heavy atom. The van der Waals surface area contributed by atoms with E-state index in [-0.39, 0.29) is 10.8 Å². The van der Waals surface area contributed by atoms with Gasteiger partial charge in [0.2, 0.25) is 12.3 Å². The molecule has 1 rings (SSSR count). The number of thiazole rings is 1. The molecule has 0 aliphatic rings. The number of carboxylic acids is 1. The second-order valence-corrected chi connectivity index (χ2v) is 6.12. The van der Waals surface area contributed by atoms with Crippen molar-refractivity contribution in [2.75, 3.05) is 19.0 Å². The third-order valence-electron chi connectivity index (χ3n) is 2.12. The predicted molar refractivity (Wildman–Crippen MR) is 84.1 cm³/mol. The van der Waals surface area contributed by atoms with E-state index in [0.29, 0.717) is 0 Å². The van der Waals surface area contributed by atoms with Gasteiger partial charge in [-0.3, -0.25) is 5.32 Å². The van der Waals surface area contributed by atoms with Crippen molar-refractivity contribution in [3.05, 3.63) is 11.1 Å². The Balaban J connectivity index is 2.79. The molecule has 0 spiro atoms. The number of nitrogens with zero attached hydrogens (tertiary/aromatic N) is 2. The molecule has 0 saturated heterocycles. The molecule has 1 aromatic rings. The lowest BCUT2D eigenvalue weighted by Gasteiger charge is -2.18. The number of carbonyl (C=O) groups excluding carboxylic acids is 2. The molecular formula is C13H17N3O7S. The Morgan fingerprint density at radius 2 is 2.04 bits per heavy atom. The Hall–Kier alpha value is -2.69. The fourth-order valence-electron chi connectivity index (χ4n) is 1.23. The largest absolute Gasteiger partial charge is 0.476 e. The van der Waals surface area contributed by atoms with Crippen LogP contribution in [-0.2, 0) is 23.9 Å². The first kappa shape index (κ1) is 19.4. The summed E-state index contributed by atoms with van der Waals surface area (Å²) in [5.74, 6) is -2.12. The van der Waals surface area contributed by atoms with Crippen LogP contribution >= 0.6 is 11.3 Å². The van der Waals surface area contributed by atoms with Gasteiger partial charge >= 0.3 is 18.0 Å². The third-order valence-corrected chi connectivity index (χ3v) is 2.88. The van der Waals surface area contributed by atoms with Gasteiger partial charge in [-0.15, -0.1) is 11.3 Å². The van der Waals surface area contributed by atoms with Gasteiger partial charge in [-0.05, 0) is 20.8 Å². The van der Waals surface area contributed by atoms with E-state index < -0.39 is 36.0 Å². The third kappa shape index (κ3) is 6.60. The van der Waals surface area contributed by atoms with Crippen LogP contribution in [0.1, 0.15) is 26.5 Å². The van der Waals surface area contributed by atoms with Gasteiger partial charge in [0.15, 0.2) is 5.13 Å². The van der Waals surface area contributed by atoms with Crippen LogP contribution in [0.15, 0.2) is 10.5 Å². The van der Waals surface area contributed by atoms with Gasteiger partial charge in [-0.25, -0.2) is 19.4 Å². The zero-order valence-corrected chi connectivity index (χ0v) is 14.3. The zero-order valence-electron chi connectivity index (χ0n) is 13.5. The molecule has 0 aliphatic heterocycles. The number of rotatable bonds is 6. The highest BCUT2D eigenvalue weighted by Gasteiger charge is 2.20. The second kappa shape index (κ2) is 8.24. The summed E-state index contributed by atoms with van der Waals surface area (Å²) in [5, 5.41) is 16.3. The number of hydrogen-bond acceptors (Lipinski definition) is 9. The van der Waals surface area contributed by atoms with E-state index in [1.165, 1.54) is 5.38 Å². The van der Waals surface area contributed by atoms with Crippen molar-refractivity contribution in [1.29, 1.82) is 0 Å². The number of hydrogen-bond donors (Lipinski definition) is 2. The number of methoxy groups -OCH3 is 1. The maximum absolute atomic E-state index is 11.6. The molecule has 1 heterocycles. The van der Waals surface area contributed by atoms with Crippen molar-refractivity contribution >= 4 is 40.2 Å². The first-order valence-electron chi connectivity index (χ1n) is 6.58. The van der Waals surface area contributed by atoms with Crippen molar-refractivity contribution < 1.29 is 33.8 Å². The number of aliphatic carboxylic acids is 1. The SMILES string of the molecule is COC(=O)CO/N=C(/C(=O)O)c1csc(NC(=O)OC(C)(C)C)n1. The molecule has 0 radical (unpaired) electrons. The molecule has 1 aromatic heterocycles. The maximum Gasteiger partial charge on any atom is 0.413 e. The summed E-state index contributed by atoms with van der Waals surface area (Å²) < 4.78 is 9.39. The van der Waals surface area contributed by atoms with Crippen molar-refractivity contribution in [3.63, 3.8) is 0 Å². The van der Waals surface area contributed by atoms with E-state index in [1.807, 2.05) is 0 Å². The summed E-state index contributed by atoms with van der Waals surface area (Å²) >= 11 is 0.979. The minimum absolute atomic E-state index is 0.0385. The van der Waals surface area contributed by atoms with Gasteiger partial charge in [0.05, 0.1) is 7.11 Å². The molecule has 10 nitrogen and oxygen atoms in total. The Kier molecular flexibility index (Phi) is 6.65. The van der Waals surface area contributed by atoms with Crippen LogP contribution in [0.25, 0.3) is 0 Å². The molecule has 0 bridgehead atoms. The van der Waals surface area contributed by atoms with E-state index in [0.717, 1.165) is 18.4 Å². The number of amides is 1. The van der Waals surface area contributed by atoms with Gasteiger partial charge in [0.25, 0.3) is 0 Å². The summed E-state index contributed by atoms with van der Waals surface area (Å²) in [6.45, 7) is 4.57. The van der Waals surface area contributed by atoms with Crippen LogP contribution in [0.4, 0.5) is 9.93 Å². The summed E-state index contributed by atoms with van der Waals surface area (Å²) in [6.07, 6.45) is -0.723. The molecule has 0 aromatic carbocycles. The van der Waals surface area contributed by atoms with Crippen molar-refractivity contribution in [2.45, 2.75) is 26.4 Å².